The standard InChI is InChI=1S/C66H74O3S6/c1-7-13-17-45(10-4)42-67-51-27-21-48(22-28-51)54-37-39-71-64(54)60-35-33-57(72-60)63-41-56(50-25-31-53(32-26-50)69-44-47(12-6)19-15-9-3)66(75-63)61-36-34-58(73-61)62-40-55(65(74-62)59-20-16-38-70-59)49-23-29-52(30-24-49)68-43-46(11-5)18-14-8-2/h16,20-41,45-47H,7-15,17-19,42-44H2,1-6H3. The summed E-state index contributed by atoms with van der Waals surface area (Å²) in [5.41, 5.74) is 7.46. The monoisotopic (exact) mass is 1110 g/mol. The fourth-order valence-electron chi connectivity index (χ4n) is 9.67. The first kappa shape index (κ1) is 55.0. The van der Waals surface area contributed by atoms with E-state index in [0.717, 1.165) is 56.3 Å². The van der Waals surface area contributed by atoms with Crippen LogP contribution in [0.15, 0.2) is 138 Å². The lowest BCUT2D eigenvalue weighted by atomic mass is 10.0. The topological polar surface area (TPSA) is 27.7 Å². The first-order valence-corrected chi connectivity index (χ1v) is 32.7. The molecule has 0 aliphatic rings. The van der Waals surface area contributed by atoms with Gasteiger partial charge in [-0.25, -0.2) is 0 Å². The van der Waals surface area contributed by atoms with Gasteiger partial charge in [0.2, 0.25) is 0 Å². The molecular weight excluding hydrogens is 1030 g/mol. The molecule has 0 saturated heterocycles. The molecule has 0 aliphatic carbocycles. The molecule has 0 saturated carbocycles. The number of benzene rings is 3. The van der Waals surface area contributed by atoms with Crippen molar-refractivity contribution in [1.82, 2.24) is 0 Å². The van der Waals surface area contributed by atoms with Crippen LogP contribution in [0.3, 0.4) is 0 Å². The molecule has 3 nitrogen and oxygen atoms in total. The van der Waals surface area contributed by atoms with Crippen LogP contribution in [0.5, 0.6) is 17.2 Å². The maximum atomic E-state index is 6.42. The highest BCUT2D eigenvalue weighted by molar-refractivity contribution is 7.30. The number of ether oxygens (including phenoxy) is 3. The summed E-state index contributed by atoms with van der Waals surface area (Å²) in [6, 6.07) is 47.3. The minimum atomic E-state index is 0.586. The molecule has 0 N–H and O–H groups in total. The number of unbranched alkanes of at least 4 members (excludes halogenated alkanes) is 3. The van der Waals surface area contributed by atoms with E-state index in [4.69, 9.17) is 14.2 Å². The minimum absolute atomic E-state index is 0.586. The Morgan fingerprint density at radius 2 is 0.747 bits per heavy atom. The molecule has 6 aromatic heterocycles. The second-order valence-corrected chi connectivity index (χ2v) is 26.1. The number of rotatable bonds is 29. The summed E-state index contributed by atoms with van der Waals surface area (Å²) >= 11 is 11.2. The number of hydrogen-bond donors (Lipinski definition) is 0. The number of hydrogen-bond acceptors (Lipinski definition) is 9. The van der Waals surface area contributed by atoms with Gasteiger partial charge in [-0.3, -0.25) is 0 Å². The highest BCUT2D eigenvalue weighted by Gasteiger charge is 2.22. The summed E-state index contributed by atoms with van der Waals surface area (Å²) in [5.74, 6) is 4.64. The van der Waals surface area contributed by atoms with Crippen LogP contribution < -0.4 is 14.2 Å². The molecule has 9 heteroatoms. The van der Waals surface area contributed by atoms with Gasteiger partial charge in [-0.15, -0.1) is 68.0 Å². The van der Waals surface area contributed by atoms with Gasteiger partial charge in [0.15, 0.2) is 0 Å². The SMILES string of the molecule is CCCCC(CC)COc1ccc(-c2ccsc2-c2ccc(-c3cc(-c4ccc(OCC(CC)CCCC)cc4)c(-c4ccc(-c5cc(-c6ccc(OCC(CC)CCCC)cc6)c(-c6cccs6)s5)s4)s3)s2)cc1. The Labute approximate surface area is 472 Å². The lowest BCUT2D eigenvalue weighted by Crippen LogP contribution is -2.11. The molecule has 9 rings (SSSR count). The molecule has 0 bridgehead atoms. The predicted molar refractivity (Wildman–Crippen MR) is 334 cm³/mol. The molecule has 75 heavy (non-hydrogen) atoms. The van der Waals surface area contributed by atoms with Crippen LogP contribution in [0.2, 0.25) is 0 Å². The molecule has 9 aromatic rings. The summed E-state index contributed by atoms with van der Waals surface area (Å²) < 4.78 is 19.1. The van der Waals surface area contributed by atoms with Crippen molar-refractivity contribution in [1.29, 1.82) is 0 Å². The molecule has 0 radical (unpaired) electrons. The highest BCUT2D eigenvalue weighted by Crippen LogP contribution is 2.52. The van der Waals surface area contributed by atoms with E-state index in [1.54, 1.807) is 0 Å². The Morgan fingerprint density at radius 3 is 1.15 bits per heavy atom. The summed E-state index contributed by atoms with van der Waals surface area (Å²) in [6.07, 6.45) is 14.6. The van der Waals surface area contributed by atoms with Crippen molar-refractivity contribution in [2.45, 2.75) is 119 Å². The van der Waals surface area contributed by atoms with Crippen LogP contribution in [0.4, 0.5) is 0 Å². The summed E-state index contributed by atoms with van der Waals surface area (Å²) in [6.45, 7) is 16.0. The molecule has 0 aliphatic heterocycles. The van der Waals surface area contributed by atoms with Crippen LogP contribution in [0, 0.1) is 17.8 Å². The first-order valence-electron chi connectivity index (χ1n) is 27.7. The molecule has 392 valence electrons. The normalized spacial score (nSPS) is 12.8. The Morgan fingerprint density at radius 1 is 0.347 bits per heavy atom. The maximum Gasteiger partial charge on any atom is 0.119 e. The molecule has 3 atom stereocenters. The van der Waals surface area contributed by atoms with Crippen LogP contribution in [-0.4, -0.2) is 19.8 Å². The van der Waals surface area contributed by atoms with E-state index in [9.17, 15) is 0 Å². The zero-order chi connectivity index (χ0) is 51.9. The zero-order valence-corrected chi connectivity index (χ0v) is 49.7. The molecule has 0 fully saturated rings. The Bertz CT molecular complexity index is 3090. The van der Waals surface area contributed by atoms with Gasteiger partial charge in [-0.2, -0.15) is 0 Å². The van der Waals surface area contributed by atoms with Gasteiger partial charge in [0.25, 0.3) is 0 Å². The van der Waals surface area contributed by atoms with Crippen molar-refractivity contribution in [2.75, 3.05) is 19.8 Å². The van der Waals surface area contributed by atoms with Gasteiger partial charge in [0.1, 0.15) is 17.2 Å². The van der Waals surface area contributed by atoms with E-state index >= 15 is 0 Å². The largest absolute Gasteiger partial charge is 0.493 e. The fraction of sp³-hybridized carbons (Fsp3) is 0.364. The lowest BCUT2D eigenvalue weighted by Gasteiger charge is -2.15. The molecule has 3 aromatic carbocycles. The van der Waals surface area contributed by atoms with E-state index < -0.39 is 0 Å². The van der Waals surface area contributed by atoms with Crippen LogP contribution >= 0.6 is 68.0 Å². The third-order valence-corrected chi connectivity index (χ3v) is 21.8. The molecule has 6 heterocycles. The molecule has 0 spiro atoms. The van der Waals surface area contributed by atoms with E-state index in [0.29, 0.717) is 17.8 Å². The maximum absolute atomic E-state index is 6.42. The van der Waals surface area contributed by atoms with Crippen molar-refractivity contribution in [2.24, 2.45) is 17.8 Å². The lowest BCUT2D eigenvalue weighted by molar-refractivity contribution is 0.233. The Hall–Kier alpha value is -4.74. The summed E-state index contributed by atoms with van der Waals surface area (Å²) in [7, 11) is 0. The number of thiophene rings is 6. The van der Waals surface area contributed by atoms with Gasteiger partial charge in [0.05, 0.1) is 34.5 Å². The van der Waals surface area contributed by atoms with Gasteiger partial charge in [-0.05, 0) is 149 Å². The Balaban J connectivity index is 0.998. The predicted octanol–water partition coefficient (Wildman–Crippen LogP) is 23.2. The quantitative estimate of drug-likeness (QED) is 0.0468. The second-order valence-electron chi connectivity index (χ2n) is 19.9. The van der Waals surface area contributed by atoms with Crippen molar-refractivity contribution >= 4 is 68.0 Å². The van der Waals surface area contributed by atoms with Gasteiger partial charge < -0.3 is 14.2 Å². The average molecular weight is 1110 g/mol. The van der Waals surface area contributed by atoms with E-state index in [2.05, 4.69) is 180 Å². The summed E-state index contributed by atoms with van der Waals surface area (Å²) in [4.78, 5) is 13.0. The van der Waals surface area contributed by atoms with Crippen molar-refractivity contribution < 1.29 is 14.2 Å². The van der Waals surface area contributed by atoms with Crippen molar-refractivity contribution in [3.63, 3.8) is 0 Å². The second kappa shape index (κ2) is 27.5. The van der Waals surface area contributed by atoms with Crippen LogP contribution in [-0.2, 0) is 0 Å². The average Bonchev–Trinajstić information content (AvgIpc) is 4.33. The van der Waals surface area contributed by atoms with Gasteiger partial charge in [0, 0.05) is 50.8 Å². The molecular formula is C66H74O3S6. The smallest absolute Gasteiger partial charge is 0.119 e. The van der Waals surface area contributed by atoms with Crippen molar-refractivity contribution in [3.8, 4) is 99.4 Å². The minimum Gasteiger partial charge on any atom is -0.493 e. The van der Waals surface area contributed by atoms with E-state index in [-0.39, 0.29) is 0 Å². The van der Waals surface area contributed by atoms with Crippen LogP contribution in [0.25, 0.3) is 82.2 Å². The van der Waals surface area contributed by atoms with Crippen LogP contribution in [0.1, 0.15) is 119 Å². The Kier molecular flexibility index (Phi) is 20.2. The molecule has 3 unspecified atom stereocenters. The third-order valence-electron chi connectivity index (χ3n) is 14.6. The van der Waals surface area contributed by atoms with Gasteiger partial charge in [-0.1, -0.05) is 142 Å². The highest BCUT2D eigenvalue weighted by atomic mass is 32.1. The first-order chi connectivity index (χ1) is 36.9. The van der Waals surface area contributed by atoms with Gasteiger partial charge >= 0.3 is 0 Å². The van der Waals surface area contributed by atoms with Crippen molar-refractivity contribution in [3.05, 3.63) is 138 Å². The van der Waals surface area contributed by atoms with E-state index in [1.807, 2.05) is 68.0 Å². The molecule has 0 amide bonds. The third kappa shape index (κ3) is 14.1. The fourth-order valence-corrected chi connectivity index (χ4v) is 16.3. The van der Waals surface area contributed by atoms with E-state index in [1.165, 1.54) is 140 Å². The summed E-state index contributed by atoms with van der Waals surface area (Å²) in [5, 5.41) is 4.42. The zero-order valence-electron chi connectivity index (χ0n) is 44.8.